The molecule has 6 nitrogen and oxygen atoms in total. The molecule has 23 heavy (non-hydrogen) atoms. The first-order chi connectivity index (χ1) is 10.9. The van der Waals surface area contributed by atoms with E-state index in [9.17, 15) is 8.42 Å². The molecule has 0 saturated heterocycles. The van der Waals surface area contributed by atoms with Crippen LogP contribution in [0.5, 0.6) is 5.75 Å². The van der Waals surface area contributed by atoms with Gasteiger partial charge in [-0.3, -0.25) is 5.10 Å². The van der Waals surface area contributed by atoms with Crippen LogP contribution < -0.4 is 9.46 Å². The third-order valence-electron chi connectivity index (χ3n) is 3.63. The number of nitrogens with zero attached hydrogens (tertiary/aromatic N) is 1. The van der Waals surface area contributed by atoms with Crippen LogP contribution in [0.3, 0.4) is 0 Å². The summed E-state index contributed by atoms with van der Waals surface area (Å²) in [6, 6.07) is 7.17. The summed E-state index contributed by atoms with van der Waals surface area (Å²) in [5.41, 5.74) is 1.91. The van der Waals surface area contributed by atoms with Crippen LogP contribution in [0.2, 0.25) is 0 Å². The number of H-pyrrole nitrogens is 1. The van der Waals surface area contributed by atoms with E-state index in [0.717, 1.165) is 11.3 Å². The average molecular weight is 337 g/mol. The minimum atomic E-state index is -3.63. The molecular formula is C16H23N3O3S. The van der Waals surface area contributed by atoms with Crippen molar-refractivity contribution in [2.24, 2.45) is 0 Å². The van der Waals surface area contributed by atoms with E-state index in [4.69, 9.17) is 4.74 Å². The van der Waals surface area contributed by atoms with E-state index >= 15 is 0 Å². The summed E-state index contributed by atoms with van der Waals surface area (Å²) in [5, 5.41) is 6.67. The van der Waals surface area contributed by atoms with E-state index in [0.29, 0.717) is 24.4 Å². The third-order valence-corrected chi connectivity index (χ3v) is 5.36. The summed E-state index contributed by atoms with van der Waals surface area (Å²) in [5.74, 6) is 0.774. The van der Waals surface area contributed by atoms with Crippen LogP contribution in [0.15, 0.2) is 29.2 Å². The molecule has 0 aliphatic rings. The van der Waals surface area contributed by atoms with E-state index in [-0.39, 0.29) is 10.9 Å². The van der Waals surface area contributed by atoms with E-state index in [1.807, 2.05) is 38.1 Å². The van der Waals surface area contributed by atoms with Crippen molar-refractivity contribution < 1.29 is 13.2 Å². The van der Waals surface area contributed by atoms with Crippen molar-refractivity contribution in [3.63, 3.8) is 0 Å². The molecule has 0 saturated carbocycles. The second-order valence-corrected chi connectivity index (χ2v) is 7.00. The van der Waals surface area contributed by atoms with Gasteiger partial charge in [-0.1, -0.05) is 19.1 Å². The van der Waals surface area contributed by atoms with Crippen molar-refractivity contribution in [3.05, 3.63) is 41.2 Å². The molecule has 0 bridgehead atoms. The van der Waals surface area contributed by atoms with Crippen LogP contribution in [0.25, 0.3) is 0 Å². The predicted molar refractivity (Wildman–Crippen MR) is 89.0 cm³/mol. The first-order valence-electron chi connectivity index (χ1n) is 7.65. The zero-order valence-corrected chi connectivity index (χ0v) is 14.7. The maximum atomic E-state index is 12.7. The van der Waals surface area contributed by atoms with Crippen molar-refractivity contribution in [1.29, 1.82) is 0 Å². The summed E-state index contributed by atoms with van der Waals surface area (Å²) in [7, 11) is -3.63. The van der Waals surface area contributed by atoms with Gasteiger partial charge in [0.2, 0.25) is 10.0 Å². The molecule has 1 aromatic carbocycles. The number of hydrogen-bond acceptors (Lipinski definition) is 4. The Kier molecular flexibility index (Phi) is 5.43. The van der Waals surface area contributed by atoms with Gasteiger partial charge in [-0.05, 0) is 44.9 Å². The Morgan fingerprint density at radius 3 is 2.35 bits per heavy atom. The molecule has 2 rings (SSSR count). The fourth-order valence-electron chi connectivity index (χ4n) is 2.53. The first-order valence-corrected chi connectivity index (χ1v) is 9.14. The van der Waals surface area contributed by atoms with Gasteiger partial charge in [-0.15, -0.1) is 0 Å². The van der Waals surface area contributed by atoms with Gasteiger partial charge in [0.25, 0.3) is 0 Å². The van der Waals surface area contributed by atoms with Gasteiger partial charge in [-0.2, -0.15) is 5.10 Å². The molecule has 1 aromatic heterocycles. The normalized spacial score (nSPS) is 13.0. The van der Waals surface area contributed by atoms with Crippen LogP contribution >= 0.6 is 0 Å². The maximum absolute atomic E-state index is 12.7. The highest BCUT2D eigenvalue weighted by molar-refractivity contribution is 7.89. The number of rotatable bonds is 7. The number of hydrogen-bond donors (Lipinski definition) is 2. The Morgan fingerprint density at radius 1 is 1.22 bits per heavy atom. The van der Waals surface area contributed by atoms with Crippen molar-refractivity contribution in [3.8, 4) is 5.75 Å². The molecular weight excluding hydrogens is 314 g/mol. The van der Waals surface area contributed by atoms with E-state index in [2.05, 4.69) is 14.9 Å². The number of nitrogens with one attached hydrogen (secondary N) is 2. The second kappa shape index (κ2) is 7.14. The summed E-state index contributed by atoms with van der Waals surface area (Å²) < 4.78 is 33.5. The number of sulfonamides is 1. The Morgan fingerprint density at radius 2 is 1.87 bits per heavy atom. The summed E-state index contributed by atoms with van der Waals surface area (Å²) in [4.78, 5) is 0.224. The van der Waals surface area contributed by atoms with Gasteiger partial charge in [-0.25, -0.2) is 13.1 Å². The average Bonchev–Trinajstić information content (AvgIpc) is 2.86. The van der Waals surface area contributed by atoms with Crippen LogP contribution in [-0.2, 0) is 10.0 Å². The molecule has 1 atom stereocenters. The molecule has 0 aliphatic carbocycles. The lowest BCUT2D eigenvalue weighted by Crippen LogP contribution is -2.29. The molecule has 7 heteroatoms. The Balaban J connectivity index is 2.25. The molecule has 1 unspecified atom stereocenters. The lowest BCUT2D eigenvalue weighted by Gasteiger charge is -2.18. The van der Waals surface area contributed by atoms with Gasteiger partial charge in [0.1, 0.15) is 10.6 Å². The Bertz CT molecular complexity index is 732. The van der Waals surface area contributed by atoms with E-state index in [1.165, 1.54) is 0 Å². The van der Waals surface area contributed by atoms with Gasteiger partial charge in [0.05, 0.1) is 18.0 Å². The molecule has 0 aliphatic heterocycles. The van der Waals surface area contributed by atoms with Crippen LogP contribution in [-0.4, -0.2) is 25.2 Å². The van der Waals surface area contributed by atoms with E-state index < -0.39 is 10.0 Å². The number of aromatic nitrogens is 2. The van der Waals surface area contributed by atoms with Gasteiger partial charge >= 0.3 is 0 Å². The van der Waals surface area contributed by atoms with Crippen LogP contribution in [0.4, 0.5) is 0 Å². The van der Waals surface area contributed by atoms with Gasteiger partial charge < -0.3 is 4.74 Å². The van der Waals surface area contributed by atoms with Crippen molar-refractivity contribution in [2.45, 2.75) is 45.1 Å². The number of ether oxygens (including phenoxy) is 1. The molecule has 2 aromatic rings. The SMILES string of the molecule is CCOc1ccc(C(CC)NS(=O)(=O)c2c(C)n[nH]c2C)cc1. The van der Waals surface area contributed by atoms with Crippen molar-refractivity contribution >= 4 is 10.0 Å². The monoisotopic (exact) mass is 337 g/mol. The molecule has 1 heterocycles. The van der Waals surface area contributed by atoms with Gasteiger partial charge in [0.15, 0.2) is 0 Å². The molecule has 0 amide bonds. The Hall–Kier alpha value is -1.86. The lowest BCUT2D eigenvalue weighted by molar-refractivity contribution is 0.340. The topological polar surface area (TPSA) is 84.1 Å². The summed E-state index contributed by atoms with van der Waals surface area (Å²) >= 11 is 0. The zero-order chi connectivity index (χ0) is 17.0. The first kappa shape index (κ1) is 17.5. The fourth-order valence-corrected chi connectivity index (χ4v) is 4.21. The minimum absolute atomic E-state index is 0.224. The van der Waals surface area contributed by atoms with Crippen LogP contribution in [0.1, 0.15) is 43.3 Å². The summed E-state index contributed by atoms with van der Waals surface area (Å²) in [6.45, 7) is 7.84. The highest BCUT2D eigenvalue weighted by Crippen LogP contribution is 2.24. The molecule has 2 N–H and O–H groups in total. The number of aryl methyl sites for hydroxylation is 2. The zero-order valence-electron chi connectivity index (χ0n) is 13.9. The van der Waals surface area contributed by atoms with Crippen molar-refractivity contribution in [2.75, 3.05) is 6.61 Å². The number of benzene rings is 1. The molecule has 0 fully saturated rings. The van der Waals surface area contributed by atoms with E-state index in [1.54, 1.807) is 13.8 Å². The molecule has 0 spiro atoms. The standard InChI is InChI=1S/C16H23N3O3S/c1-5-15(13-7-9-14(10-8-13)22-6-2)19-23(20,21)16-11(3)17-18-12(16)4/h7-10,15,19H,5-6H2,1-4H3,(H,17,18). The van der Waals surface area contributed by atoms with Crippen LogP contribution in [0, 0.1) is 13.8 Å². The minimum Gasteiger partial charge on any atom is -0.494 e. The maximum Gasteiger partial charge on any atom is 0.244 e. The smallest absolute Gasteiger partial charge is 0.244 e. The summed E-state index contributed by atoms with van der Waals surface area (Å²) in [6.07, 6.45) is 0.642. The van der Waals surface area contributed by atoms with Crippen molar-refractivity contribution in [1.82, 2.24) is 14.9 Å². The quantitative estimate of drug-likeness (QED) is 0.814. The largest absolute Gasteiger partial charge is 0.494 e. The third kappa shape index (κ3) is 3.92. The van der Waals surface area contributed by atoms with Gasteiger partial charge in [0, 0.05) is 6.04 Å². The highest BCUT2D eigenvalue weighted by atomic mass is 32.2. The lowest BCUT2D eigenvalue weighted by atomic mass is 10.1. The molecule has 126 valence electrons. The molecule has 0 radical (unpaired) electrons. The fraction of sp³-hybridized carbons (Fsp3) is 0.438. The number of aromatic amines is 1. The second-order valence-electron chi connectivity index (χ2n) is 5.35. The highest BCUT2D eigenvalue weighted by Gasteiger charge is 2.25. The predicted octanol–water partition coefficient (Wildman–Crippen LogP) is 2.85. The Labute approximate surface area is 137 Å².